The predicted molar refractivity (Wildman–Crippen MR) is 116 cm³/mol. The Balaban J connectivity index is 1.50. The first-order valence-electron chi connectivity index (χ1n) is 10.0. The van der Waals surface area contributed by atoms with Gasteiger partial charge in [-0.1, -0.05) is 48.5 Å². The summed E-state index contributed by atoms with van der Waals surface area (Å²) in [6, 6.07) is 18.0. The lowest BCUT2D eigenvalue weighted by Gasteiger charge is -2.24. The predicted octanol–water partition coefficient (Wildman–Crippen LogP) is 4.69. The number of Topliss-reactive ketones (excluding diaryl/α,β-unsaturated/α-hetero) is 1. The molecule has 0 saturated carbocycles. The number of nitrogens with one attached hydrogen (secondary N) is 1. The van der Waals surface area contributed by atoms with Crippen LogP contribution in [0.15, 0.2) is 54.6 Å². The number of benzene rings is 2. The Bertz CT molecular complexity index is 1270. The number of aromatic nitrogens is 4. The molecule has 0 spiro atoms. The summed E-state index contributed by atoms with van der Waals surface area (Å²) < 4.78 is 0. The van der Waals surface area contributed by atoms with Gasteiger partial charge in [0.05, 0.1) is 28.2 Å². The highest BCUT2D eigenvalue weighted by molar-refractivity contribution is 5.99. The van der Waals surface area contributed by atoms with E-state index in [1.807, 2.05) is 56.3 Å². The van der Waals surface area contributed by atoms with Crippen molar-refractivity contribution in [2.75, 3.05) is 5.32 Å². The fraction of sp³-hybridized carbons (Fsp3) is 0.208. The van der Waals surface area contributed by atoms with Crippen LogP contribution in [0.1, 0.15) is 45.3 Å². The van der Waals surface area contributed by atoms with Gasteiger partial charge in [-0.05, 0) is 37.8 Å². The van der Waals surface area contributed by atoms with Gasteiger partial charge in [-0.25, -0.2) is 19.9 Å². The van der Waals surface area contributed by atoms with E-state index in [2.05, 4.69) is 37.4 Å². The molecule has 6 heteroatoms. The molecule has 0 saturated heterocycles. The summed E-state index contributed by atoms with van der Waals surface area (Å²) in [5, 5.41) is 4.16. The van der Waals surface area contributed by atoms with E-state index in [9.17, 15) is 4.79 Å². The number of fused-ring (bicyclic) bond motifs is 2. The molecular formula is C24H21N5O. The highest BCUT2D eigenvalue weighted by Gasteiger charge is 2.30. The van der Waals surface area contributed by atoms with Gasteiger partial charge in [0.15, 0.2) is 5.78 Å². The Morgan fingerprint density at radius 2 is 1.50 bits per heavy atom. The molecule has 0 aliphatic heterocycles. The van der Waals surface area contributed by atoms with Crippen LogP contribution in [0.3, 0.4) is 0 Å². The molecule has 1 aliphatic carbocycles. The number of aryl methyl sites for hydroxylation is 2. The standard InChI is InChI=1S/C24H21N5O/c1-14-18-10-6-7-11-19(18)27-23(25-14)29-24-26-15(2)22-20(28-24)12-17(13-21(22)30)16-8-4-3-5-9-16/h3-11,17H,12-13H2,1-2H3,(H,25,26,27,28,29)/t17-/m1/s1. The van der Waals surface area contributed by atoms with Crippen LogP contribution in [0, 0.1) is 13.8 Å². The molecule has 148 valence electrons. The third kappa shape index (κ3) is 3.30. The molecule has 0 unspecified atom stereocenters. The van der Waals surface area contributed by atoms with Crippen molar-refractivity contribution in [2.24, 2.45) is 0 Å². The third-order valence-electron chi connectivity index (χ3n) is 5.60. The number of hydrogen-bond acceptors (Lipinski definition) is 6. The van der Waals surface area contributed by atoms with Crippen LogP contribution < -0.4 is 5.32 Å². The highest BCUT2D eigenvalue weighted by atomic mass is 16.1. The fourth-order valence-electron chi connectivity index (χ4n) is 4.18. The third-order valence-corrected chi connectivity index (χ3v) is 5.60. The van der Waals surface area contributed by atoms with Crippen molar-refractivity contribution in [3.63, 3.8) is 0 Å². The number of nitrogens with zero attached hydrogens (tertiary/aromatic N) is 4. The molecule has 1 atom stereocenters. The maximum atomic E-state index is 12.8. The molecule has 30 heavy (non-hydrogen) atoms. The minimum Gasteiger partial charge on any atom is -0.294 e. The summed E-state index contributed by atoms with van der Waals surface area (Å²) in [6.07, 6.45) is 1.20. The summed E-state index contributed by atoms with van der Waals surface area (Å²) >= 11 is 0. The van der Waals surface area contributed by atoms with Crippen molar-refractivity contribution < 1.29 is 4.79 Å². The molecule has 0 bridgehead atoms. The molecule has 1 aliphatic rings. The zero-order valence-corrected chi connectivity index (χ0v) is 16.9. The van der Waals surface area contributed by atoms with Gasteiger partial charge in [0, 0.05) is 11.8 Å². The van der Waals surface area contributed by atoms with Gasteiger partial charge < -0.3 is 0 Å². The number of para-hydroxylation sites is 1. The summed E-state index contributed by atoms with van der Waals surface area (Å²) in [4.78, 5) is 31.2. The van der Waals surface area contributed by atoms with Gasteiger partial charge in [0.1, 0.15) is 0 Å². The van der Waals surface area contributed by atoms with Gasteiger partial charge in [-0.3, -0.25) is 10.1 Å². The summed E-state index contributed by atoms with van der Waals surface area (Å²) in [5.41, 5.74) is 5.04. The van der Waals surface area contributed by atoms with Gasteiger partial charge in [0.2, 0.25) is 11.9 Å². The Labute approximate surface area is 174 Å². The fourth-order valence-corrected chi connectivity index (χ4v) is 4.18. The molecule has 0 radical (unpaired) electrons. The van der Waals surface area contributed by atoms with Crippen LogP contribution in [-0.2, 0) is 6.42 Å². The van der Waals surface area contributed by atoms with Crippen molar-refractivity contribution in [3.05, 3.63) is 82.8 Å². The van der Waals surface area contributed by atoms with E-state index in [1.54, 1.807) is 0 Å². The number of carbonyl (C=O) groups is 1. The molecule has 2 aromatic carbocycles. The lowest BCUT2D eigenvalue weighted by molar-refractivity contribution is 0.0962. The smallest absolute Gasteiger partial charge is 0.230 e. The highest BCUT2D eigenvalue weighted by Crippen LogP contribution is 2.33. The first-order chi connectivity index (χ1) is 14.6. The monoisotopic (exact) mass is 395 g/mol. The molecule has 0 fully saturated rings. The molecule has 0 amide bonds. The molecule has 6 nitrogen and oxygen atoms in total. The van der Waals surface area contributed by atoms with E-state index < -0.39 is 0 Å². The normalized spacial score (nSPS) is 15.8. The maximum Gasteiger partial charge on any atom is 0.230 e. The van der Waals surface area contributed by atoms with Crippen LogP contribution in [0.5, 0.6) is 0 Å². The molecule has 5 rings (SSSR count). The van der Waals surface area contributed by atoms with E-state index >= 15 is 0 Å². The van der Waals surface area contributed by atoms with Gasteiger partial charge >= 0.3 is 0 Å². The molecule has 2 aromatic heterocycles. The second-order valence-corrected chi connectivity index (χ2v) is 7.67. The molecular weight excluding hydrogens is 374 g/mol. The summed E-state index contributed by atoms with van der Waals surface area (Å²) in [7, 11) is 0. The van der Waals surface area contributed by atoms with Crippen LogP contribution in [0.4, 0.5) is 11.9 Å². The van der Waals surface area contributed by atoms with Gasteiger partial charge in [-0.2, -0.15) is 0 Å². The van der Waals surface area contributed by atoms with E-state index in [4.69, 9.17) is 0 Å². The number of carbonyl (C=O) groups excluding carboxylic acids is 1. The average molecular weight is 395 g/mol. The topological polar surface area (TPSA) is 80.7 Å². The second-order valence-electron chi connectivity index (χ2n) is 7.67. The van der Waals surface area contributed by atoms with Crippen LogP contribution in [-0.4, -0.2) is 25.7 Å². The zero-order valence-electron chi connectivity index (χ0n) is 16.9. The number of ketones is 1. The van der Waals surface area contributed by atoms with Crippen LogP contribution in [0.25, 0.3) is 10.9 Å². The van der Waals surface area contributed by atoms with E-state index in [0.717, 1.165) is 27.9 Å². The average Bonchev–Trinajstić information content (AvgIpc) is 2.74. The zero-order chi connectivity index (χ0) is 20.7. The van der Waals surface area contributed by atoms with Crippen molar-refractivity contribution in [1.29, 1.82) is 0 Å². The molecule has 4 aromatic rings. The first kappa shape index (κ1) is 18.4. The van der Waals surface area contributed by atoms with Crippen molar-refractivity contribution >= 4 is 28.6 Å². The minimum atomic E-state index is 0.104. The van der Waals surface area contributed by atoms with Crippen molar-refractivity contribution in [2.45, 2.75) is 32.6 Å². The Kier molecular flexibility index (Phi) is 4.47. The number of anilines is 2. The molecule has 2 heterocycles. The number of hydrogen-bond donors (Lipinski definition) is 1. The maximum absolute atomic E-state index is 12.8. The van der Waals surface area contributed by atoms with Crippen molar-refractivity contribution in [3.8, 4) is 0 Å². The van der Waals surface area contributed by atoms with E-state index in [-0.39, 0.29) is 11.7 Å². The van der Waals surface area contributed by atoms with E-state index in [1.165, 1.54) is 0 Å². The van der Waals surface area contributed by atoms with Gasteiger partial charge in [-0.15, -0.1) is 0 Å². The van der Waals surface area contributed by atoms with Crippen molar-refractivity contribution in [1.82, 2.24) is 19.9 Å². The Morgan fingerprint density at radius 3 is 2.33 bits per heavy atom. The lowest BCUT2D eigenvalue weighted by Crippen LogP contribution is -2.23. The van der Waals surface area contributed by atoms with Crippen LogP contribution in [0.2, 0.25) is 0 Å². The first-order valence-corrected chi connectivity index (χ1v) is 10.0. The summed E-state index contributed by atoms with van der Waals surface area (Å²) in [5.74, 6) is 1.11. The minimum absolute atomic E-state index is 0.104. The second kappa shape index (κ2) is 7.30. The summed E-state index contributed by atoms with van der Waals surface area (Å²) in [6.45, 7) is 3.82. The SMILES string of the molecule is Cc1nc(Nc2nc(C)c3ccccc3n2)nc2c1C(=O)C[C@H](c1ccccc1)C2. The lowest BCUT2D eigenvalue weighted by atomic mass is 9.81. The van der Waals surface area contributed by atoms with Gasteiger partial charge in [0.25, 0.3) is 0 Å². The van der Waals surface area contributed by atoms with Crippen LogP contribution >= 0.6 is 0 Å². The largest absolute Gasteiger partial charge is 0.294 e. The number of rotatable bonds is 3. The quantitative estimate of drug-likeness (QED) is 0.542. The Morgan fingerprint density at radius 1 is 0.800 bits per heavy atom. The van der Waals surface area contributed by atoms with E-state index in [0.29, 0.717) is 36.0 Å². The molecule has 1 N–H and O–H groups in total. The Hall–Kier alpha value is -3.67.